The summed E-state index contributed by atoms with van der Waals surface area (Å²) in [5, 5.41) is 12.4. The van der Waals surface area contributed by atoms with Gasteiger partial charge in [-0.2, -0.15) is 0 Å². The summed E-state index contributed by atoms with van der Waals surface area (Å²) in [6, 6.07) is 3.42. The Bertz CT molecular complexity index is 583. The van der Waals surface area contributed by atoms with Gasteiger partial charge in [-0.05, 0) is 19.1 Å². The van der Waals surface area contributed by atoms with Crippen molar-refractivity contribution in [3.8, 4) is 5.75 Å². The minimum absolute atomic E-state index is 0.0962. The van der Waals surface area contributed by atoms with E-state index < -0.39 is 11.7 Å². The molecule has 0 fully saturated rings. The highest BCUT2D eigenvalue weighted by molar-refractivity contribution is 7.11. The SMILES string of the molecule is Cc1cnc(CNC(=O)c2ccc(O)cc2F)s1. The van der Waals surface area contributed by atoms with Crippen LogP contribution in [0.4, 0.5) is 4.39 Å². The largest absolute Gasteiger partial charge is 0.508 e. The highest BCUT2D eigenvalue weighted by Crippen LogP contribution is 2.15. The van der Waals surface area contributed by atoms with Crippen LogP contribution in [0.3, 0.4) is 0 Å². The number of halogens is 1. The van der Waals surface area contributed by atoms with Crippen LogP contribution in [-0.4, -0.2) is 16.0 Å². The summed E-state index contributed by atoms with van der Waals surface area (Å²) < 4.78 is 13.4. The van der Waals surface area contributed by atoms with Crippen molar-refractivity contribution in [2.24, 2.45) is 0 Å². The quantitative estimate of drug-likeness (QED) is 0.895. The van der Waals surface area contributed by atoms with Crippen molar-refractivity contribution in [3.05, 3.63) is 45.7 Å². The Morgan fingerprint density at radius 3 is 2.94 bits per heavy atom. The van der Waals surface area contributed by atoms with E-state index in [0.717, 1.165) is 16.0 Å². The van der Waals surface area contributed by atoms with E-state index in [1.165, 1.54) is 23.5 Å². The van der Waals surface area contributed by atoms with Gasteiger partial charge in [0.2, 0.25) is 0 Å². The predicted molar refractivity (Wildman–Crippen MR) is 66.1 cm³/mol. The van der Waals surface area contributed by atoms with E-state index in [0.29, 0.717) is 0 Å². The maximum Gasteiger partial charge on any atom is 0.254 e. The van der Waals surface area contributed by atoms with Gasteiger partial charge in [-0.3, -0.25) is 4.79 Å². The number of rotatable bonds is 3. The highest BCUT2D eigenvalue weighted by atomic mass is 32.1. The van der Waals surface area contributed by atoms with Gasteiger partial charge in [0.1, 0.15) is 16.6 Å². The number of carbonyl (C=O) groups excluding carboxylic acids is 1. The van der Waals surface area contributed by atoms with Crippen molar-refractivity contribution >= 4 is 17.2 Å². The second kappa shape index (κ2) is 5.14. The fourth-order valence-electron chi connectivity index (χ4n) is 1.42. The van der Waals surface area contributed by atoms with E-state index in [9.17, 15) is 9.18 Å². The first-order chi connectivity index (χ1) is 8.56. The van der Waals surface area contributed by atoms with Gasteiger partial charge in [-0.25, -0.2) is 9.37 Å². The molecule has 2 rings (SSSR count). The first-order valence-electron chi connectivity index (χ1n) is 5.24. The van der Waals surface area contributed by atoms with E-state index in [2.05, 4.69) is 10.3 Å². The molecular weight excluding hydrogens is 255 g/mol. The van der Waals surface area contributed by atoms with Gasteiger partial charge in [0.15, 0.2) is 0 Å². The number of benzene rings is 1. The van der Waals surface area contributed by atoms with Crippen LogP contribution < -0.4 is 5.32 Å². The molecule has 1 heterocycles. The molecule has 0 bridgehead atoms. The molecule has 0 atom stereocenters. The summed E-state index contributed by atoms with van der Waals surface area (Å²) in [7, 11) is 0. The Kier molecular flexibility index (Phi) is 3.57. The maximum atomic E-state index is 13.4. The molecule has 0 saturated heterocycles. The molecule has 2 aromatic rings. The summed E-state index contributed by atoms with van der Waals surface area (Å²) in [4.78, 5) is 16.8. The monoisotopic (exact) mass is 266 g/mol. The third-order valence-electron chi connectivity index (χ3n) is 2.27. The summed E-state index contributed by atoms with van der Waals surface area (Å²) in [5.41, 5.74) is -0.0962. The van der Waals surface area contributed by atoms with Crippen LogP contribution in [0.25, 0.3) is 0 Å². The second-order valence-electron chi connectivity index (χ2n) is 3.71. The van der Waals surface area contributed by atoms with Crippen LogP contribution in [0.15, 0.2) is 24.4 Å². The minimum atomic E-state index is -0.747. The zero-order valence-corrected chi connectivity index (χ0v) is 10.4. The lowest BCUT2D eigenvalue weighted by Gasteiger charge is -2.04. The van der Waals surface area contributed by atoms with Crippen LogP contribution in [-0.2, 0) is 6.54 Å². The van der Waals surface area contributed by atoms with Gasteiger partial charge < -0.3 is 10.4 Å². The Balaban J connectivity index is 2.03. The molecule has 6 heteroatoms. The summed E-state index contributed by atoms with van der Waals surface area (Å²) in [5.74, 6) is -1.48. The molecule has 1 aromatic carbocycles. The first-order valence-corrected chi connectivity index (χ1v) is 6.06. The number of nitrogens with one attached hydrogen (secondary N) is 1. The van der Waals surface area contributed by atoms with E-state index >= 15 is 0 Å². The van der Waals surface area contributed by atoms with Crippen molar-refractivity contribution in [1.29, 1.82) is 0 Å². The third kappa shape index (κ3) is 2.84. The molecule has 1 amide bonds. The molecule has 0 aliphatic carbocycles. The topological polar surface area (TPSA) is 62.2 Å². The summed E-state index contributed by atoms with van der Waals surface area (Å²) in [6.07, 6.45) is 1.72. The van der Waals surface area contributed by atoms with Gasteiger partial charge in [-0.1, -0.05) is 0 Å². The Hall–Kier alpha value is -1.95. The molecule has 1 aromatic heterocycles. The number of hydrogen-bond acceptors (Lipinski definition) is 4. The Morgan fingerprint density at radius 1 is 1.56 bits per heavy atom. The van der Waals surface area contributed by atoms with Crippen molar-refractivity contribution < 1.29 is 14.3 Å². The molecular formula is C12H11FN2O2S. The molecule has 94 valence electrons. The van der Waals surface area contributed by atoms with E-state index in [-0.39, 0.29) is 17.9 Å². The summed E-state index contributed by atoms with van der Waals surface area (Å²) in [6.45, 7) is 2.18. The Labute approximate surface area is 107 Å². The maximum absolute atomic E-state index is 13.4. The number of thiazole rings is 1. The number of phenolic OH excluding ortho intramolecular Hbond substituents is 1. The first kappa shape index (κ1) is 12.5. The van der Waals surface area contributed by atoms with Crippen molar-refractivity contribution in [3.63, 3.8) is 0 Å². The molecule has 4 nitrogen and oxygen atoms in total. The van der Waals surface area contributed by atoms with Crippen molar-refractivity contribution in [2.75, 3.05) is 0 Å². The predicted octanol–water partition coefficient (Wildman–Crippen LogP) is 2.23. The van der Waals surface area contributed by atoms with Gasteiger partial charge in [0.05, 0.1) is 12.1 Å². The molecule has 18 heavy (non-hydrogen) atoms. The zero-order chi connectivity index (χ0) is 13.1. The third-order valence-corrected chi connectivity index (χ3v) is 3.18. The molecule has 0 unspecified atom stereocenters. The zero-order valence-electron chi connectivity index (χ0n) is 9.61. The van der Waals surface area contributed by atoms with E-state index in [1.54, 1.807) is 6.20 Å². The lowest BCUT2D eigenvalue weighted by atomic mass is 10.2. The molecule has 0 aliphatic heterocycles. The van der Waals surface area contributed by atoms with Crippen molar-refractivity contribution in [1.82, 2.24) is 10.3 Å². The van der Waals surface area contributed by atoms with Gasteiger partial charge in [0, 0.05) is 17.1 Å². The van der Waals surface area contributed by atoms with Crippen LogP contribution in [0, 0.1) is 12.7 Å². The number of aromatic hydroxyl groups is 1. The number of carbonyl (C=O) groups is 1. The highest BCUT2D eigenvalue weighted by Gasteiger charge is 2.12. The molecule has 2 N–H and O–H groups in total. The van der Waals surface area contributed by atoms with Crippen LogP contribution in [0.2, 0.25) is 0 Å². The number of aryl methyl sites for hydroxylation is 1. The number of nitrogens with zero attached hydrogens (tertiary/aromatic N) is 1. The number of aromatic nitrogens is 1. The lowest BCUT2D eigenvalue weighted by Crippen LogP contribution is -2.23. The number of hydrogen-bond donors (Lipinski definition) is 2. The van der Waals surface area contributed by atoms with Gasteiger partial charge in [0.25, 0.3) is 5.91 Å². The Morgan fingerprint density at radius 2 is 2.33 bits per heavy atom. The van der Waals surface area contributed by atoms with E-state index in [1.807, 2.05) is 6.92 Å². The average Bonchev–Trinajstić information content (AvgIpc) is 2.72. The standard InChI is InChI=1S/C12H11FN2O2S/c1-7-5-14-11(18-7)6-15-12(17)9-3-2-8(16)4-10(9)13/h2-5,16H,6H2,1H3,(H,15,17). The smallest absolute Gasteiger partial charge is 0.254 e. The van der Waals surface area contributed by atoms with Crippen LogP contribution >= 0.6 is 11.3 Å². The van der Waals surface area contributed by atoms with Crippen LogP contribution in [0.1, 0.15) is 20.2 Å². The number of amides is 1. The van der Waals surface area contributed by atoms with Crippen molar-refractivity contribution in [2.45, 2.75) is 13.5 Å². The lowest BCUT2D eigenvalue weighted by molar-refractivity contribution is 0.0947. The normalized spacial score (nSPS) is 10.3. The van der Waals surface area contributed by atoms with Gasteiger partial charge in [-0.15, -0.1) is 11.3 Å². The molecule has 0 saturated carbocycles. The molecule has 0 spiro atoms. The average molecular weight is 266 g/mol. The van der Waals surface area contributed by atoms with E-state index in [4.69, 9.17) is 5.11 Å². The fourth-order valence-corrected chi connectivity index (χ4v) is 2.15. The van der Waals surface area contributed by atoms with Gasteiger partial charge >= 0.3 is 0 Å². The molecule has 0 radical (unpaired) electrons. The fraction of sp³-hybridized carbons (Fsp3) is 0.167. The minimum Gasteiger partial charge on any atom is -0.508 e. The molecule has 0 aliphatic rings. The number of phenols is 1. The summed E-state index contributed by atoms with van der Waals surface area (Å²) >= 11 is 1.47. The van der Waals surface area contributed by atoms with Crippen LogP contribution in [0.5, 0.6) is 5.75 Å². The second-order valence-corrected chi connectivity index (χ2v) is 5.03.